The van der Waals surface area contributed by atoms with Gasteiger partial charge in [0.25, 0.3) is 0 Å². The van der Waals surface area contributed by atoms with Crippen LogP contribution in [0, 0.1) is 18.3 Å². The fraction of sp³-hybridized carbons (Fsp3) is 0.526. The van der Waals surface area contributed by atoms with Crippen LogP contribution in [-0.2, 0) is 11.2 Å². The molecule has 4 heteroatoms. The molecular weight excluding hydrogens is 308 g/mol. The van der Waals surface area contributed by atoms with Crippen molar-refractivity contribution in [3.63, 3.8) is 0 Å². The summed E-state index contributed by atoms with van der Waals surface area (Å²) in [6.07, 6.45) is 7.99. The standard InChI is InChI=1S/C19H25ClN2O/c1-4-11-22-12-9-17(10-13-22)19(23)21(3)15(2)14-16-5-7-18(20)8-6-16/h1,5-8,15,17H,9-14H2,2-3H3/t15-/m0/s1. The summed E-state index contributed by atoms with van der Waals surface area (Å²) in [7, 11) is 1.91. The number of carbonyl (C=O) groups excluding carboxylic acids is 1. The number of terminal acetylenes is 1. The van der Waals surface area contributed by atoms with Crippen LogP contribution < -0.4 is 0 Å². The van der Waals surface area contributed by atoms with Crippen molar-refractivity contribution < 1.29 is 4.79 Å². The first kappa shape index (κ1) is 17.8. The molecule has 1 aromatic carbocycles. The first-order chi connectivity index (χ1) is 11.0. The third kappa shape index (κ3) is 4.99. The molecule has 1 atom stereocenters. The van der Waals surface area contributed by atoms with Gasteiger partial charge in [0, 0.05) is 24.0 Å². The molecule has 0 unspecified atom stereocenters. The number of hydrogen-bond acceptors (Lipinski definition) is 2. The van der Waals surface area contributed by atoms with Crippen LogP contribution in [-0.4, -0.2) is 48.4 Å². The number of carbonyl (C=O) groups is 1. The average molecular weight is 333 g/mol. The number of rotatable bonds is 5. The van der Waals surface area contributed by atoms with Crippen LogP contribution in [0.25, 0.3) is 0 Å². The van der Waals surface area contributed by atoms with E-state index in [4.69, 9.17) is 18.0 Å². The Morgan fingerprint density at radius 3 is 2.57 bits per heavy atom. The Morgan fingerprint density at radius 1 is 1.39 bits per heavy atom. The number of amides is 1. The Hall–Kier alpha value is -1.50. The molecular formula is C19H25ClN2O. The van der Waals surface area contributed by atoms with Gasteiger partial charge in [-0.2, -0.15) is 0 Å². The SMILES string of the molecule is C#CCN1CCC(C(=O)N(C)[C@@H](C)Cc2ccc(Cl)cc2)CC1. The second-order valence-corrected chi connectivity index (χ2v) is 6.82. The Labute approximate surface area is 144 Å². The number of halogens is 1. The number of likely N-dealkylation sites (N-methyl/N-ethyl adjacent to an activating group) is 1. The van der Waals surface area contributed by atoms with E-state index in [0.29, 0.717) is 6.54 Å². The van der Waals surface area contributed by atoms with E-state index in [-0.39, 0.29) is 17.9 Å². The summed E-state index contributed by atoms with van der Waals surface area (Å²) in [6, 6.07) is 8.01. The molecule has 1 aromatic rings. The van der Waals surface area contributed by atoms with E-state index in [2.05, 4.69) is 17.7 Å². The molecule has 0 spiro atoms. The molecule has 1 aliphatic rings. The summed E-state index contributed by atoms with van der Waals surface area (Å²) in [4.78, 5) is 16.8. The minimum Gasteiger partial charge on any atom is -0.342 e. The fourth-order valence-corrected chi connectivity index (χ4v) is 3.20. The van der Waals surface area contributed by atoms with E-state index in [1.165, 1.54) is 5.56 Å². The van der Waals surface area contributed by atoms with Crippen LogP contribution in [0.4, 0.5) is 0 Å². The van der Waals surface area contributed by atoms with Gasteiger partial charge in [-0.05, 0) is 57.0 Å². The Bertz CT molecular complexity index is 556. The molecule has 124 valence electrons. The Balaban J connectivity index is 1.86. The van der Waals surface area contributed by atoms with E-state index < -0.39 is 0 Å². The number of piperidine rings is 1. The van der Waals surface area contributed by atoms with Crippen molar-refractivity contribution in [2.45, 2.75) is 32.2 Å². The van der Waals surface area contributed by atoms with E-state index >= 15 is 0 Å². The zero-order chi connectivity index (χ0) is 16.8. The molecule has 0 aliphatic carbocycles. The maximum absolute atomic E-state index is 12.7. The summed E-state index contributed by atoms with van der Waals surface area (Å²) >= 11 is 5.92. The number of nitrogens with zero attached hydrogens (tertiary/aromatic N) is 2. The van der Waals surface area contributed by atoms with E-state index in [0.717, 1.165) is 37.4 Å². The highest BCUT2D eigenvalue weighted by Crippen LogP contribution is 2.21. The van der Waals surface area contributed by atoms with Gasteiger partial charge in [0.1, 0.15) is 0 Å². The van der Waals surface area contributed by atoms with E-state index in [1.54, 1.807) is 0 Å². The van der Waals surface area contributed by atoms with E-state index in [1.807, 2.05) is 36.2 Å². The minimum absolute atomic E-state index is 0.127. The lowest BCUT2D eigenvalue weighted by molar-refractivity contribution is -0.137. The number of hydrogen-bond donors (Lipinski definition) is 0. The van der Waals surface area contributed by atoms with Crippen molar-refractivity contribution in [3.8, 4) is 12.3 Å². The molecule has 2 rings (SSSR count). The summed E-state index contributed by atoms with van der Waals surface area (Å²) in [6.45, 7) is 4.61. The molecule has 1 aliphatic heterocycles. The molecule has 1 fully saturated rings. The zero-order valence-electron chi connectivity index (χ0n) is 14.0. The van der Waals surface area contributed by atoms with Crippen molar-refractivity contribution >= 4 is 17.5 Å². The summed E-state index contributed by atoms with van der Waals surface area (Å²) < 4.78 is 0. The highest BCUT2D eigenvalue weighted by Gasteiger charge is 2.28. The summed E-state index contributed by atoms with van der Waals surface area (Å²) in [5, 5.41) is 0.740. The van der Waals surface area contributed by atoms with Crippen LogP contribution in [0.3, 0.4) is 0 Å². The van der Waals surface area contributed by atoms with Gasteiger partial charge < -0.3 is 4.90 Å². The Kier molecular flexibility index (Phi) is 6.50. The minimum atomic E-state index is 0.127. The second-order valence-electron chi connectivity index (χ2n) is 6.38. The van der Waals surface area contributed by atoms with Crippen molar-refractivity contribution in [1.29, 1.82) is 0 Å². The molecule has 1 amide bonds. The van der Waals surface area contributed by atoms with Crippen LogP contribution >= 0.6 is 11.6 Å². The topological polar surface area (TPSA) is 23.6 Å². The van der Waals surface area contributed by atoms with Crippen LogP contribution in [0.2, 0.25) is 5.02 Å². The van der Waals surface area contributed by atoms with Crippen LogP contribution in [0.15, 0.2) is 24.3 Å². The van der Waals surface area contributed by atoms with Crippen molar-refractivity contribution in [3.05, 3.63) is 34.9 Å². The maximum atomic E-state index is 12.7. The lowest BCUT2D eigenvalue weighted by Crippen LogP contribution is -2.44. The second kappa shape index (κ2) is 8.38. The predicted molar refractivity (Wildman–Crippen MR) is 95.4 cm³/mol. The fourth-order valence-electron chi connectivity index (χ4n) is 3.07. The summed E-state index contributed by atoms with van der Waals surface area (Å²) in [5.41, 5.74) is 1.20. The van der Waals surface area contributed by atoms with Crippen LogP contribution in [0.1, 0.15) is 25.3 Å². The van der Waals surface area contributed by atoms with Crippen molar-refractivity contribution in [2.75, 3.05) is 26.7 Å². The van der Waals surface area contributed by atoms with Gasteiger partial charge in [-0.25, -0.2) is 0 Å². The third-order valence-electron chi connectivity index (χ3n) is 4.70. The molecule has 0 aromatic heterocycles. The number of likely N-dealkylation sites (tertiary alicyclic amines) is 1. The van der Waals surface area contributed by atoms with Gasteiger partial charge in [0.15, 0.2) is 0 Å². The zero-order valence-corrected chi connectivity index (χ0v) is 14.7. The van der Waals surface area contributed by atoms with Crippen molar-refractivity contribution in [2.24, 2.45) is 5.92 Å². The molecule has 0 bridgehead atoms. The van der Waals surface area contributed by atoms with Gasteiger partial charge in [-0.15, -0.1) is 6.42 Å². The molecule has 0 N–H and O–H groups in total. The molecule has 1 heterocycles. The molecule has 0 radical (unpaired) electrons. The molecule has 3 nitrogen and oxygen atoms in total. The van der Waals surface area contributed by atoms with Gasteiger partial charge in [-0.1, -0.05) is 29.7 Å². The molecule has 0 saturated carbocycles. The monoisotopic (exact) mass is 332 g/mol. The number of benzene rings is 1. The Morgan fingerprint density at radius 2 is 2.00 bits per heavy atom. The smallest absolute Gasteiger partial charge is 0.225 e. The highest BCUT2D eigenvalue weighted by atomic mass is 35.5. The van der Waals surface area contributed by atoms with Gasteiger partial charge in [-0.3, -0.25) is 9.69 Å². The lowest BCUT2D eigenvalue weighted by atomic mass is 9.94. The van der Waals surface area contributed by atoms with Crippen molar-refractivity contribution in [1.82, 2.24) is 9.80 Å². The highest BCUT2D eigenvalue weighted by molar-refractivity contribution is 6.30. The van der Waals surface area contributed by atoms with E-state index in [9.17, 15) is 4.79 Å². The lowest BCUT2D eigenvalue weighted by Gasteiger charge is -2.34. The average Bonchev–Trinajstić information content (AvgIpc) is 2.56. The van der Waals surface area contributed by atoms with Gasteiger partial charge >= 0.3 is 0 Å². The molecule has 23 heavy (non-hydrogen) atoms. The first-order valence-electron chi connectivity index (χ1n) is 8.18. The normalized spacial score (nSPS) is 17.5. The maximum Gasteiger partial charge on any atom is 0.225 e. The van der Waals surface area contributed by atoms with Gasteiger partial charge in [0.05, 0.1) is 6.54 Å². The quantitative estimate of drug-likeness (QED) is 0.774. The van der Waals surface area contributed by atoms with Crippen LogP contribution in [0.5, 0.6) is 0 Å². The van der Waals surface area contributed by atoms with Gasteiger partial charge in [0.2, 0.25) is 5.91 Å². The third-order valence-corrected chi connectivity index (χ3v) is 4.96. The summed E-state index contributed by atoms with van der Waals surface area (Å²) in [5.74, 6) is 3.06. The predicted octanol–water partition coefficient (Wildman–Crippen LogP) is 3.07. The first-order valence-corrected chi connectivity index (χ1v) is 8.56. The molecule has 1 saturated heterocycles. The largest absolute Gasteiger partial charge is 0.342 e.